The van der Waals surface area contributed by atoms with Gasteiger partial charge < -0.3 is 24.1 Å². The number of benzene rings is 1. The first kappa shape index (κ1) is 19.5. The highest BCUT2D eigenvalue weighted by Gasteiger charge is 2.22. The van der Waals surface area contributed by atoms with E-state index in [1.54, 1.807) is 31.2 Å². The van der Waals surface area contributed by atoms with E-state index < -0.39 is 0 Å². The molecule has 2 heterocycles. The number of nitrogens with zero attached hydrogens (tertiary/aromatic N) is 1. The molecule has 0 saturated carbocycles. The van der Waals surface area contributed by atoms with Crippen LogP contribution in [0.2, 0.25) is 0 Å². The maximum absolute atomic E-state index is 12.4. The van der Waals surface area contributed by atoms with Crippen molar-refractivity contribution in [2.45, 2.75) is 34.2 Å². The number of rotatable bonds is 6. The SMILES string of the molecule is CCOC(=O)c1c(/C=C/C(=O)Nc2ccc3c(c2)OCO3)c(C)n(CC)c1C. The summed E-state index contributed by atoms with van der Waals surface area (Å²) in [5.74, 6) is 0.554. The van der Waals surface area contributed by atoms with Crippen LogP contribution in [0, 0.1) is 13.8 Å². The van der Waals surface area contributed by atoms with E-state index in [1.165, 1.54) is 6.08 Å². The Labute approximate surface area is 163 Å². The molecule has 7 nitrogen and oxygen atoms in total. The highest BCUT2D eigenvalue weighted by atomic mass is 16.7. The zero-order chi connectivity index (χ0) is 20.3. The monoisotopic (exact) mass is 384 g/mol. The maximum atomic E-state index is 12.4. The van der Waals surface area contributed by atoms with Gasteiger partial charge in [0.15, 0.2) is 11.5 Å². The van der Waals surface area contributed by atoms with E-state index in [1.807, 2.05) is 25.3 Å². The van der Waals surface area contributed by atoms with Crippen molar-refractivity contribution in [3.8, 4) is 11.5 Å². The second-order valence-electron chi connectivity index (χ2n) is 6.31. The van der Waals surface area contributed by atoms with Gasteiger partial charge >= 0.3 is 5.97 Å². The lowest BCUT2D eigenvalue weighted by Crippen LogP contribution is -2.09. The molecule has 2 aromatic rings. The third kappa shape index (κ3) is 3.74. The number of hydrogen-bond donors (Lipinski definition) is 1. The number of amides is 1. The number of fused-ring (bicyclic) bond motifs is 1. The molecule has 28 heavy (non-hydrogen) atoms. The van der Waals surface area contributed by atoms with Gasteiger partial charge in [-0.25, -0.2) is 4.79 Å². The Balaban J connectivity index is 1.83. The van der Waals surface area contributed by atoms with Gasteiger partial charge in [0, 0.05) is 41.3 Å². The molecule has 0 bridgehead atoms. The minimum absolute atomic E-state index is 0.177. The summed E-state index contributed by atoms with van der Waals surface area (Å²) in [6, 6.07) is 5.20. The molecule has 1 N–H and O–H groups in total. The first-order valence-electron chi connectivity index (χ1n) is 9.21. The Morgan fingerprint density at radius 2 is 1.93 bits per heavy atom. The predicted molar refractivity (Wildman–Crippen MR) is 106 cm³/mol. The van der Waals surface area contributed by atoms with Crippen LogP contribution in [0.15, 0.2) is 24.3 Å². The molecule has 0 fully saturated rings. The summed E-state index contributed by atoms with van der Waals surface area (Å²) in [6.45, 7) is 8.78. The molecule has 0 unspecified atom stereocenters. The molecule has 1 aromatic heterocycles. The predicted octanol–water partition coefficient (Wildman–Crippen LogP) is 3.68. The maximum Gasteiger partial charge on any atom is 0.340 e. The molecule has 0 saturated heterocycles. The summed E-state index contributed by atoms with van der Waals surface area (Å²) in [5, 5.41) is 2.79. The average molecular weight is 384 g/mol. The number of ether oxygens (including phenoxy) is 3. The molecule has 1 aromatic carbocycles. The van der Waals surface area contributed by atoms with E-state index in [2.05, 4.69) is 5.32 Å². The van der Waals surface area contributed by atoms with Crippen molar-refractivity contribution in [3.05, 3.63) is 46.8 Å². The fourth-order valence-electron chi connectivity index (χ4n) is 3.36. The summed E-state index contributed by atoms with van der Waals surface area (Å²) in [7, 11) is 0. The van der Waals surface area contributed by atoms with Crippen molar-refractivity contribution >= 4 is 23.6 Å². The third-order valence-corrected chi connectivity index (χ3v) is 4.67. The summed E-state index contributed by atoms with van der Waals surface area (Å²) in [4.78, 5) is 24.8. The Bertz CT molecular complexity index is 943. The van der Waals surface area contributed by atoms with Crippen LogP contribution in [0.5, 0.6) is 11.5 Å². The number of nitrogens with one attached hydrogen (secondary N) is 1. The van der Waals surface area contributed by atoms with Crippen molar-refractivity contribution in [2.24, 2.45) is 0 Å². The van der Waals surface area contributed by atoms with Crippen LogP contribution in [0.3, 0.4) is 0 Å². The van der Waals surface area contributed by atoms with Gasteiger partial charge in [-0.2, -0.15) is 0 Å². The van der Waals surface area contributed by atoms with Crippen LogP contribution in [-0.2, 0) is 16.1 Å². The highest BCUT2D eigenvalue weighted by molar-refractivity contribution is 6.04. The second-order valence-corrected chi connectivity index (χ2v) is 6.31. The lowest BCUT2D eigenvalue weighted by Gasteiger charge is -2.05. The van der Waals surface area contributed by atoms with E-state index in [4.69, 9.17) is 14.2 Å². The normalized spacial score (nSPS) is 12.4. The first-order valence-corrected chi connectivity index (χ1v) is 9.21. The molecule has 7 heteroatoms. The summed E-state index contributed by atoms with van der Waals surface area (Å²) in [6.07, 6.45) is 3.07. The zero-order valence-electron chi connectivity index (χ0n) is 16.5. The highest BCUT2D eigenvalue weighted by Crippen LogP contribution is 2.34. The van der Waals surface area contributed by atoms with Gasteiger partial charge in [0.05, 0.1) is 12.2 Å². The minimum atomic E-state index is -0.383. The molecule has 1 aliphatic rings. The average Bonchev–Trinajstić information content (AvgIpc) is 3.21. The van der Waals surface area contributed by atoms with Crippen LogP contribution in [-0.4, -0.2) is 29.8 Å². The molecule has 1 aliphatic heterocycles. The topological polar surface area (TPSA) is 78.8 Å². The molecule has 0 aliphatic carbocycles. The summed E-state index contributed by atoms with van der Waals surface area (Å²) >= 11 is 0. The van der Waals surface area contributed by atoms with Crippen molar-refractivity contribution in [1.82, 2.24) is 4.57 Å². The standard InChI is InChI=1S/C21H24N2O5/c1-5-23-13(3)16(20(14(23)4)21(25)26-6-2)8-10-19(24)22-15-7-9-17-18(11-15)28-12-27-17/h7-11H,5-6,12H2,1-4H3,(H,22,24)/b10-8+. The molecule has 0 radical (unpaired) electrons. The lowest BCUT2D eigenvalue weighted by atomic mass is 10.1. The van der Waals surface area contributed by atoms with Gasteiger partial charge in [-0.1, -0.05) is 0 Å². The smallest absolute Gasteiger partial charge is 0.340 e. The molecule has 3 rings (SSSR count). The number of esters is 1. The van der Waals surface area contributed by atoms with Crippen molar-refractivity contribution in [1.29, 1.82) is 0 Å². The van der Waals surface area contributed by atoms with Gasteiger partial charge in [0.1, 0.15) is 0 Å². The number of aromatic nitrogens is 1. The van der Waals surface area contributed by atoms with Gasteiger partial charge in [0.25, 0.3) is 0 Å². The van der Waals surface area contributed by atoms with Crippen LogP contribution >= 0.6 is 0 Å². The van der Waals surface area contributed by atoms with Crippen LogP contribution in [0.25, 0.3) is 6.08 Å². The lowest BCUT2D eigenvalue weighted by molar-refractivity contribution is -0.111. The van der Waals surface area contributed by atoms with E-state index in [-0.39, 0.29) is 18.7 Å². The number of carbonyl (C=O) groups excluding carboxylic acids is 2. The van der Waals surface area contributed by atoms with Crippen molar-refractivity contribution in [2.75, 3.05) is 18.7 Å². The Morgan fingerprint density at radius 3 is 2.64 bits per heavy atom. The van der Waals surface area contributed by atoms with Gasteiger partial charge in [0.2, 0.25) is 12.7 Å². The van der Waals surface area contributed by atoms with E-state index in [9.17, 15) is 9.59 Å². The minimum Gasteiger partial charge on any atom is -0.462 e. The molecule has 1 amide bonds. The van der Waals surface area contributed by atoms with E-state index in [0.717, 1.165) is 17.9 Å². The number of anilines is 1. The fourth-order valence-corrected chi connectivity index (χ4v) is 3.36. The largest absolute Gasteiger partial charge is 0.462 e. The Kier molecular flexibility index (Phi) is 5.73. The zero-order valence-corrected chi connectivity index (χ0v) is 16.5. The quantitative estimate of drug-likeness (QED) is 0.607. The van der Waals surface area contributed by atoms with E-state index >= 15 is 0 Å². The van der Waals surface area contributed by atoms with Crippen LogP contribution < -0.4 is 14.8 Å². The summed E-state index contributed by atoms with van der Waals surface area (Å²) in [5.41, 5.74) is 3.53. The number of hydrogen-bond acceptors (Lipinski definition) is 5. The van der Waals surface area contributed by atoms with Gasteiger partial charge in [-0.05, 0) is 45.9 Å². The third-order valence-electron chi connectivity index (χ3n) is 4.67. The molecular formula is C21H24N2O5. The Morgan fingerprint density at radius 1 is 1.18 bits per heavy atom. The molecule has 0 spiro atoms. The van der Waals surface area contributed by atoms with Gasteiger partial charge in [-0.15, -0.1) is 0 Å². The number of carbonyl (C=O) groups is 2. The fraction of sp³-hybridized carbons (Fsp3) is 0.333. The molecule has 0 atom stereocenters. The first-order chi connectivity index (χ1) is 13.5. The molecular weight excluding hydrogens is 360 g/mol. The molecule has 148 valence electrons. The Hall–Kier alpha value is -3.22. The van der Waals surface area contributed by atoms with Crippen molar-refractivity contribution < 1.29 is 23.8 Å². The van der Waals surface area contributed by atoms with Crippen LogP contribution in [0.4, 0.5) is 5.69 Å². The van der Waals surface area contributed by atoms with Gasteiger partial charge in [-0.3, -0.25) is 4.79 Å². The summed E-state index contributed by atoms with van der Waals surface area (Å²) < 4.78 is 17.8. The second kappa shape index (κ2) is 8.21. The van der Waals surface area contributed by atoms with E-state index in [0.29, 0.717) is 34.9 Å². The van der Waals surface area contributed by atoms with Crippen molar-refractivity contribution in [3.63, 3.8) is 0 Å². The van der Waals surface area contributed by atoms with Crippen LogP contribution in [0.1, 0.15) is 41.2 Å².